The highest BCUT2D eigenvalue weighted by Gasteiger charge is 2.32. The summed E-state index contributed by atoms with van der Waals surface area (Å²) in [6, 6.07) is 32.6. The smallest absolute Gasteiger partial charge is 0.339 e. The number of rotatable bonds is 16. The fraction of sp³-hybridized carbons (Fsp3) is 0.135. The second-order valence-corrected chi connectivity index (χ2v) is 17.3. The van der Waals surface area contributed by atoms with E-state index in [4.69, 9.17) is 16.3 Å². The number of ether oxygens (including phenoxy) is 1. The number of carbonyl (C=O) groups is 2. The maximum absolute atomic E-state index is 14.3. The molecule has 0 aliphatic rings. The van der Waals surface area contributed by atoms with Crippen LogP contribution in [0, 0.1) is 0 Å². The lowest BCUT2D eigenvalue weighted by atomic mass is 10.2. The lowest BCUT2D eigenvalue weighted by Crippen LogP contribution is -2.41. The summed E-state index contributed by atoms with van der Waals surface area (Å²) in [6.07, 6.45) is 0. The molecule has 54 heavy (non-hydrogen) atoms. The predicted octanol–water partition coefficient (Wildman–Crippen LogP) is 4.93. The minimum Gasteiger partial charge on any atom is -0.465 e. The van der Waals surface area contributed by atoms with Crippen molar-refractivity contribution < 1.29 is 39.6 Å². The third-order valence-corrected chi connectivity index (χ3v) is 13.5. The summed E-state index contributed by atoms with van der Waals surface area (Å²) in [5, 5.41) is 2.97. The van der Waals surface area contributed by atoms with Gasteiger partial charge in [0.25, 0.3) is 26.0 Å². The van der Waals surface area contributed by atoms with Crippen LogP contribution in [0.2, 0.25) is 5.02 Å². The normalized spacial score (nSPS) is 11.7. The second kappa shape index (κ2) is 17.3. The average molecular weight is 811 g/mol. The Balaban J connectivity index is 1.39. The highest BCUT2D eigenvalue weighted by atomic mass is 35.5. The van der Waals surface area contributed by atoms with Crippen LogP contribution in [0.4, 0.5) is 11.4 Å². The zero-order valence-electron chi connectivity index (χ0n) is 28.7. The Morgan fingerprint density at radius 3 is 1.56 bits per heavy atom. The molecule has 0 radical (unpaired) electrons. The van der Waals surface area contributed by atoms with E-state index in [0.29, 0.717) is 5.02 Å². The van der Waals surface area contributed by atoms with Crippen molar-refractivity contribution in [2.24, 2.45) is 0 Å². The molecule has 13 nitrogen and oxygen atoms in total. The summed E-state index contributed by atoms with van der Waals surface area (Å²) < 4.78 is 91.8. The second-order valence-electron chi connectivity index (χ2n) is 11.4. The minimum absolute atomic E-state index is 0.0608. The van der Waals surface area contributed by atoms with E-state index in [1.165, 1.54) is 84.9 Å². The van der Waals surface area contributed by atoms with Crippen molar-refractivity contribution in [3.8, 4) is 0 Å². The van der Waals surface area contributed by atoms with Gasteiger partial charge in [0.2, 0.25) is 10.0 Å². The SMILES string of the molecule is COC(=O)c1ccccc1S(=O)(=O)N(CCNC(=O)c1ccccc1S(=O)(=O)N(CCNS(=O)(=O)c1ccc(Cl)cc1)c1ccccc1)c1ccccc1. The first-order valence-corrected chi connectivity index (χ1v) is 21.0. The molecule has 0 aliphatic heterocycles. The lowest BCUT2D eigenvalue weighted by molar-refractivity contribution is 0.0596. The van der Waals surface area contributed by atoms with Gasteiger partial charge in [-0.2, -0.15) is 0 Å². The van der Waals surface area contributed by atoms with E-state index in [2.05, 4.69) is 10.0 Å². The van der Waals surface area contributed by atoms with E-state index >= 15 is 0 Å². The molecule has 0 saturated heterocycles. The van der Waals surface area contributed by atoms with E-state index in [9.17, 15) is 34.8 Å². The highest BCUT2D eigenvalue weighted by molar-refractivity contribution is 7.93. The number of anilines is 2. The molecule has 0 fully saturated rings. The van der Waals surface area contributed by atoms with Crippen LogP contribution in [-0.2, 0) is 34.8 Å². The van der Waals surface area contributed by atoms with Gasteiger partial charge < -0.3 is 10.1 Å². The van der Waals surface area contributed by atoms with Crippen LogP contribution < -0.4 is 18.6 Å². The topological polar surface area (TPSA) is 176 Å². The number of esters is 1. The molecule has 282 valence electrons. The van der Waals surface area contributed by atoms with Gasteiger partial charge in [-0.3, -0.25) is 13.4 Å². The molecule has 0 atom stereocenters. The van der Waals surface area contributed by atoms with Crippen molar-refractivity contribution in [3.05, 3.63) is 150 Å². The molecule has 1 amide bonds. The molecule has 5 rings (SSSR count). The summed E-state index contributed by atoms with van der Waals surface area (Å²) in [5.74, 6) is -1.66. The largest absolute Gasteiger partial charge is 0.465 e. The van der Waals surface area contributed by atoms with Crippen LogP contribution >= 0.6 is 11.6 Å². The third-order valence-electron chi connectivity index (χ3n) is 7.98. The van der Waals surface area contributed by atoms with Crippen molar-refractivity contribution in [2.75, 3.05) is 41.9 Å². The fourth-order valence-electron chi connectivity index (χ4n) is 5.40. The molecule has 0 aliphatic carbocycles. The quantitative estimate of drug-likeness (QED) is 0.131. The number of hydrogen-bond donors (Lipinski definition) is 2. The number of amides is 1. The van der Waals surface area contributed by atoms with E-state index < -0.39 is 41.9 Å². The molecule has 0 aromatic heterocycles. The van der Waals surface area contributed by atoms with Crippen molar-refractivity contribution in [3.63, 3.8) is 0 Å². The van der Waals surface area contributed by atoms with Gasteiger partial charge >= 0.3 is 5.97 Å². The zero-order valence-corrected chi connectivity index (χ0v) is 31.9. The summed E-state index contributed by atoms with van der Waals surface area (Å²) >= 11 is 5.89. The van der Waals surface area contributed by atoms with Crippen molar-refractivity contribution >= 4 is 64.9 Å². The van der Waals surface area contributed by atoms with E-state index in [1.54, 1.807) is 48.5 Å². The van der Waals surface area contributed by atoms with Crippen molar-refractivity contribution in [2.45, 2.75) is 14.7 Å². The zero-order chi connectivity index (χ0) is 38.9. The summed E-state index contributed by atoms with van der Waals surface area (Å²) in [5.41, 5.74) is 0.0594. The Morgan fingerprint density at radius 1 is 0.593 bits per heavy atom. The molecule has 2 N–H and O–H groups in total. The number of nitrogens with zero attached hydrogens (tertiary/aromatic N) is 2. The molecule has 0 saturated carbocycles. The average Bonchev–Trinajstić information content (AvgIpc) is 3.18. The lowest BCUT2D eigenvalue weighted by Gasteiger charge is -2.26. The molecule has 0 bridgehead atoms. The van der Waals surface area contributed by atoms with Gasteiger partial charge in [0, 0.05) is 24.7 Å². The van der Waals surface area contributed by atoms with Gasteiger partial charge in [-0.15, -0.1) is 0 Å². The van der Waals surface area contributed by atoms with Crippen LogP contribution in [0.3, 0.4) is 0 Å². The van der Waals surface area contributed by atoms with E-state index in [0.717, 1.165) is 15.7 Å². The Kier molecular flexibility index (Phi) is 12.8. The Bertz CT molecular complexity index is 2440. The Morgan fingerprint density at radius 2 is 1.04 bits per heavy atom. The molecule has 0 spiro atoms. The number of nitrogens with one attached hydrogen (secondary N) is 2. The van der Waals surface area contributed by atoms with Gasteiger partial charge in [-0.25, -0.2) is 34.8 Å². The number of halogens is 1. The number of para-hydroxylation sites is 2. The molecular formula is C37H35ClN4O9S3. The third kappa shape index (κ3) is 9.09. The van der Waals surface area contributed by atoms with Crippen molar-refractivity contribution in [1.82, 2.24) is 10.0 Å². The van der Waals surface area contributed by atoms with Gasteiger partial charge in [0.1, 0.15) is 9.79 Å². The number of methoxy groups -OCH3 is 1. The first-order chi connectivity index (χ1) is 25.8. The monoisotopic (exact) mass is 810 g/mol. The Hall–Kier alpha value is -5.26. The standard InChI is InChI=1S/C37H35ClN4O9S3/c1-51-37(44)33-17-9-11-19-35(33)54(49,50)41(29-12-4-2-5-13-29)26-24-39-36(43)32-16-8-10-18-34(32)53(47,48)42(30-14-6-3-7-15-30)27-25-40-52(45,46)31-22-20-28(38)21-23-31/h2-23,40H,24-27H2,1H3,(H,39,43). The highest BCUT2D eigenvalue weighted by Crippen LogP contribution is 2.28. The number of carbonyl (C=O) groups excluding carboxylic acids is 2. The molecule has 5 aromatic rings. The summed E-state index contributed by atoms with van der Waals surface area (Å²) in [6.45, 7) is -1.23. The summed E-state index contributed by atoms with van der Waals surface area (Å²) in [7, 11) is -11.8. The van der Waals surface area contributed by atoms with Crippen LogP contribution in [0.15, 0.2) is 148 Å². The Labute approximate surface area is 319 Å². The number of benzene rings is 5. The number of sulfonamides is 3. The fourth-order valence-corrected chi connectivity index (χ4v) is 9.85. The van der Waals surface area contributed by atoms with E-state index in [1.807, 2.05) is 0 Å². The minimum atomic E-state index is -4.51. The van der Waals surface area contributed by atoms with Gasteiger partial charge in [-0.05, 0) is 72.8 Å². The molecule has 17 heteroatoms. The maximum atomic E-state index is 14.3. The predicted molar refractivity (Wildman–Crippen MR) is 205 cm³/mol. The van der Waals surface area contributed by atoms with Crippen LogP contribution in [-0.4, -0.2) is 70.4 Å². The first-order valence-electron chi connectivity index (χ1n) is 16.2. The van der Waals surface area contributed by atoms with Gasteiger partial charge in [-0.1, -0.05) is 72.3 Å². The van der Waals surface area contributed by atoms with Gasteiger partial charge in [0.15, 0.2) is 0 Å². The van der Waals surface area contributed by atoms with Crippen LogP contribution in [0.1, 0.15) is 20.7 Å². The number of hydrogen-bond acceptors (Lipinski definition) is 9. The van der Waals surface area contributed by atoms with Gasteiger partial charge in [0.05, 0.1) is 41.1 Å². The summed E-state index contributed by atoms with van der Waals surface area (Å²) in [4.78, 5) is 25.4. The maximum Gasteiger partial charge on any atom is 0.339 e. The first kappa shape index (κ1) is 39.9. The van der Waals surface area contributed by atoms with E-state index in [-0.39, 0.29) is 63.4 Å². The molecule has 0 heterocycles. The van der Waals surface area contributed by atoms with Crippen LogP contribution in [0.25, 0.3) is 0 Å². The molecule has 5 aromatic carbocycles. The molecular weight excluding hydrogens is 776 g/mol. The van der Waals surface area contributed by atoms with Crippen LogP contribution in [0.5, 0.6) is 0 Å². The molecule has 0 unspecified atom stereocenters. The van der Waals surface area contributed by atoms with Crippen molar-refractivity contribution in [1.29, 1.82) is 0 Å².